The van der Waals surface area contributed by atoms with E-state index in [9.17, 15) is 9.59 Å². The van der Waals surface area contributed by atoms with Gasteiger partial charge in [0, 0.05) is 12.3 Å². The number of allylic oxidation sites excluding steroid dienone is 2. The van der Waals surface area contributed by atoms with Crippen molar-refractivity contribution < 1.29 is 9.59 Å². The highest BCUT2D eigenvalue weighted by molar-refractivity contribution is 5.99. The molecule has 2 atom stereocenters. The first kappa shape index (κ1) is 15.7. The second kappa shape index (κ2) is 6.84. The predicted octanol–water partition coefficient (Wildman–Crippen LogP) is 4.54. The zero-order chi connectivity index (χ0) is 15.4. The maximum atomic E-state index is 12.4. The van der Waals surface area contributed by atoms with Gasteiger partial charge in [-0.15, -0.1) is 0 Å². The van der Waals surface area contributed by atoms with Crippen LogP contribution in [0.25, 0.3) is 5.57 Å². The van der Waals surface area contributed by atoms with Crippen LogP contribution < -0.4 is 0 Å². The van der Waals surface area contributed by atoms with Gasteiger partial charge in [-0.2, -0.15) is 0 Å². The molecule has 0 heterocycles. The normalized spacial score (nSPS) is 18.0. The average molecular weight is 284 g/mol. The van der Waals surface area contributed by atoms with Crippen molar-refractivity contribution in [3.8, 4) is 0 Å². The van der Waals surface area contributed by atoms with E-state index in [1.807, 2.05) is 37.3 Å². The maximum absolute atomic E-state index is 12.4. The minimum Gasteiger partial charge on any atom is -0.299 e. The van der Waals surface area contributed by atoms with Gasteiger partial charge in [0.05, 0.1) is 5.92 Å². The van der Waals surface area contributed by atoms with Gasteiger partial charge in [-0.25, -0.2) is 0 Å². The van der Waals surface area contributed by atoms with Gasteiger partial charge in [-0.3, -0.25) is 9.59 Å². The van der Waals surface area contributed by atoms with Crippen molar-refractivity contribution in [2.45, 2.75) is 52.4 Å². The van der Waals surface area contributed by atoms with Crippen molar-refractivity contribution in [3.63, 3.8) is 0 Å². The van der Waals surface area contributed by atoms with Crippen LogP contribution in [0.3, 0.4) is 0 Å². The van der Waals surface area contributed by atoms with Crippen LogP contribution in [0, 0.1) is 5.92 Å². The molecule has 2 rings (SSSR count). The Balaban J connectivity index is 2.21. The van der Waals surface area contributed by atoms with E-state index in [0.717, 1.165) is 36.0 Å². The molecule has 2 nitrogen and oxygen atoms in total. The van der Waals surface area contributed by atoms with Crippen LogP contribution in [0.15, 0.2) is 30.3 Å². The van der Waals surface area contributed by atoms with Crippen molar-refractivity contribution in [2.24, 2.45) is 5.92 Å². The minimum atomic E-state index is -0.179. The molecule has 0 radical (unpaired) electrons. The summed E-state index contributed by atoms with van der Waals surface area (Å²) < 4.78 is 0. The van der Waals surface area contributed by atoms with Crippen LogP contribution in [0.4, 0.5) is 0 Å². The first-order chi connectivity index (χ1) is 10.1. The van der Waals surface area contributed by atoms with E-state index in [-0.39, 0.29) is 23.4 Å². The number of hydrogen-bond acceptors (Lipinski definition) is 2. The van der Waals surface area contributed by atoms with E-state index in [0.29, 0.717) is 6.42 Å². The van der Waals surface area contributed by atoms with Crippen LogP contribution in [-0.4, -0.2) is 11.6 Å². The van der Waals surface area contributed by atoms with Crippen molar-refractivity contribution >= 4 is 17.1 Å². The van der Waals surface area contributed by atoms with Gasteiger partial charge in [-0.05, 0) is 30.0 Å². The van der Waals surface area contributed by atoms with Gasteiger partial charge in [0.2, 0.25) is 0 Å². The number of Topliss-reactive ketones (excluding diaryl/α,β-unsaturated/α-hetero) is 2. The van der Waals surface area contributed by atoms with E-state index in [4.69, 9.17) is 0 Å². The van der Waals surface area contributed by atoms with Gasteiger partial charge in [0.15, 0.2) is 0 Å². The number of rotatable bonds is 7. The Kier molecular flexibility index (Phi) is 5.11. The molecule has 0 saturated carbocycles. The quantitative estimate of drug-likeness (QED) is 0.689. The van der Waals surface area contributed by atoms with E-state index in [1.165, 1.54) is 0 Å². The largest absolute Gasteiger partial charge is 0.299 e. The minimum absolute atomic E-state index is 0.118. The average Bonchev–Trinajstić information content (AvgIpc) is 2.86. The first-order valence-corrected chi connectivity index (χ1v) is 7.90. The Morgan fingerprint density at radius 1 is 1.19 bits per heavy atom. The molecule has 0 spiro atoms. The lowest BCUT2D eigenvalue weighted by Crippen LogP contribution is -2.12. The third-order valence-electron chi connectivity index (χ3n) is 4.37. The van der Waals surface area contributed by atoms with Crippen LogP contribution in [0.1, 0.15) is 63.5 Å². The van der Waals surface area contributed by atoms with Crippen LogP contribution in [0.2, 0.25) is 0 Å². The molecule has 21 heavy (non-hydrogen) atoms. The molecule has 0 aliphatic heterocycles. The summed E-state index contributed by atoms with van der Waals surface area (Å²) in [6.45, 7) is 5.73. The summed E-state index contributed by atoms with van der Waals surface area (Å²) in [6.07, 6.45) is 5.82. The highest BCUT2D eigenvalue weighted by atomic mass is 16.1. The summed E-state index contributed by atoms with van der Waals surface area (Å²) in [5.41, 5.74) is 3.16. The molecule has 1 aromatic carbocycles. The fourth-order valence-corrected chi connectivity index (χ4v) is 3.04. The molecule has 0 aromatic heterocycles. The zero-order valence-electron chi connectivity index (χ0n) is 13.2. The van der Waals surface area contributed by atoms with Gasteiger partial charge in [0.25, 0.3) is 0 Å². The Bertz CT molecular complexity index is 569. The summed E-state index contributed by atoms with van der Waals surface area (Å²) in [7, 11) is 0. The number of hydrogen-bond donors (Lipinski definition) is 0. The molecule has 1 aromatic rings. The highest BCUT2D eigenvalue weighted by Crippen LogP contribution is 2.40. The summed E-state index contributed by atoms with van der Waals surface area (Å²) in [4.78, 5) is 24.2. The number of carbonyl (C=O) groups is 2. The Labute approximate surface area is 127 Å². The second-order valence-corrected chi connectivity index (χ2v) is 5.94. The Morgan fingerprint density at radius 2 is 1.90 bits per heavy atom. The monoisotopic (exact) mass is 284 g/mol. The fraction of sp³-hybridized carbons (Fsp3) is 0.474. The summed E-state index contributed by atoms with van der Waals surface area (Å²) in [6, 6.07) is 7.96. The van der Waals surface area contributed by atoms with Crippen LogP contribution >= 0.6 is 0 Å². The topological polar surface area (TPSA) is 34.1 Å². The fourth-order valence-electron chi connectivity index (χ4n) is 3.04. The molecule has 0 bridgehead atoms. The molecule has 0 N–H and O–H groups in total. The SMILES string of the molecule is CCCCCC(=O)C(C)C1=CC(C(C)=O)c2ccccc21. The van der Waals surface area contributed by atoms with Crippen molar-refractivity contribution in [1.29, 1.82) is 0 Å². The molecular formula is C19H24O2. The first-order valence-electron chi connectivity index (χ1n) is 7.90. The third-order valence-corrected chi connectivity index (χ3v) is 4.37. The van der Waals surface area contributed by atoms with E-state index in [1.54, 1.807) is 6.92 Å². The number of ketones is 2. The van der Waals surface area contributed by atoms with Gasteiger partial charge in [0.1, 0.15) is 11.6 Å². The zero-order valence-corrected chi connectivity index (χ0v) is 13.2. The van der Waals surface area contributed by atoms with Crippen molar-refractivity contribution in [2.75, 3.05) is 0 Å². The van der Waals surface area contributed by atoms with E-state index < -0.39 is 0 Å². The highest BCUT2D eigenvalue weighted by Gasteiger charge is 2.30. The summed E-state index contributed by atoms with van der Waals surface area (Å²) in [5, 5.41) is 0. The van der Waals surface area contributed by atoms with Crippen molar-refractivity contribution in [1.82, 2.24) is 0 Å². The van der Waals surface area contributed by atoms with Gasteiger partial charge < -0.3 is 0 Å². The molecule has 2 unspecified atom stereocenters. The number of unbranched alkanes of at least 4 members (excludes halogenated alkanes) is 2. The molecule has 0 saturated heterocycles. The number of fused-ring (bicyclic) bond motifs is 1. The van der Waals surface area contributed by atoms with Crippen molar-refractivity contribution in [3.05, 3.63) is 41.5 Å². The molecule has 0 fully saturated rings. The number of benzene rings is 1. The van der Waals surface area contributed by atoms with Gasteiger partial charge in [-0.1, -0.05) is 57.0 Å². The lowest BCUT2D eigenvalue weighted by atomic mass is 9.90. The summed E-state index contributed by atoms with van der Waals surface area (Å²) >= 11 is 0. The van der Waals surface area contributed by atoms with Crippen LogP contribution in [-0.2, 0) is 9.59 Å². The lowest BCUT2D eigenvalue weighted by Gasteiger charge is -2.13. The van der Waals surface area contributed by atoms with Crippen LogP contribution in [0.5, 0.6) is 0 Å². The Morgan fingerprint density at radius 3 is 2.57 bits per heavy atom. The second-order valence-electron chi connectivity index (χ2n) is 5.94. The molecule has 112 valence electrons. The number of carbonyl (C=O) groups excluding carboxylic acids is 2. The smallest absolute Gasteiger partial charge is 0.141 e. The molecule has 0 amide bonds. The Hall–Kier alpha value is -1.70. The standard InChI is InChI=1S/C19H24O2/c1-4-5-6-11-19(21)13(2)17-12-18(14(3)20)16-10-8-7-9-15(16)17/h7-10,12-13,18H,4-6,11H2,1-3H3. The van der Waals surface area contributed by atoms with Gasteiger partial charge >= 0.3 is 0 Å². The summed E-state index contributed by atoms with van der Waals surface area (Å²) in [5.74, 6) is 0.131. The van der Waals surface area contributed by atoms with E-state index >= 15 is 0 Å². The maximum Gasteiger partial charge on any atom is 0.141 e. The van der Waals surface area contributed by atoms with E-state index in [2.05, 4.69) is 6.92 Å². The predicted molar refractivity (Wildman–Crippen MR) is 86.2 cm³/mol. The molecule has 1 aliphatic carbocycles. The molecule has 1 aliphatic rings. The molecule has 2 heteroatoms. The third kappa shape index (κ3) is 3.31. The lowest BCUT2D eigenvalue weighted by molar-refractivity contribution is -0.121. The molecular weight excluding hydrogens is 260 g/mol.